The molecule has 1 aliphatic heterocycles. The molecule has 27 heavy (non-hydrogen) atoms. The molecule has 3 rings (SSSR count). The molecule has 1 unspecified atom stereocenters. The molecular formula is C21H25ClN2O2S. The fourth-order valence-corrected chi connectivity index (χ4v) is 4.30. The van der Waals surface area contributed by atoms with Gasteiger partial charge in [0.1, 0.15) is 0 Å². The summed E-state index contributed by atoms with van der Waals surface area (Å²) in [6.45, 7) is 4.96. The average molecular weight is 405 g/mol. The number of amides is 1. The molecule has 1 N–H and O–H groups in total. The van der Waals surface area contributed by atoms with Crippen molar-refractivity contribution in [2.45, 2.75) is 17.9 Å². The smallest absolute Gasteiger partial charge is 0.233 e. The van der Waals surface area contributed by atoms with Crippen LogP contribution in [0.15, 0.2) is 53.4 Å². The lowest BCUT2D eigenvalue weighted by Gasteiger charge is -2.39. The molecule has 1 saturated heterocycles. The van der Waals surface area contributed by atoms with Gasteiger partial charge in [-0.15, -0.1) is 11.8 Å². The molecule has 1 aliphatic rings. The summed E-state index contributed by atoms with van der Waals surface area (Å²) in [5.41, 5.74) is 2.24. The molecule has 0 bridgehead atoms. The van der Waals surface area contributed by atoms with Crippen LogP contribution in [0, 0.1) is 6.92 Å². The molecule has 0 spiro atoms. The van der Waals surface area contributed by atoms with E-state index in [2.05, 4.69) is 36.1 Å². The lowest BCUT2D eigenvalue weighted by atomic mass is 10.1. The Bertz CT molecular complexity index is 761. The lowest BCUT2D eigenvalue weighted by Crippen LogP contribution is -2.50. The molecule has 6 heteroatoms. The van der Waals surface area contributed by atoms with Crippen LogP contribution in [0.1, 0.15) is 17.2 Å². The van der Waals surface area contributed by atoms with Crippen LogP contribution in [0.4, 0.5) is 0 Å². The maximum atomic E-state index is 12.5. The van der Waals surface area contributed by atoms with E-state index in [4.69, 9.17) is 11.6 Å². The number of carbonyl (C=O) groups excluding carboxylic acids is 1. The molecule has 0 saturated carbocycles. The highest BCUT2D eigenvalue weighted by Crippen LogP contribution is 2.25. The van der Waals surface area contributed by atoms with Gasteiger partial charge in [-0.3, -0.25) is 9.69 Å². The minimum atomic E-state index is -0.0807. The SMILES string of the molecule is Cc1ccc(SCC(=O)N2CCN(C(CO)c3cccc(Cl)c3)CC2)cc1. The van der Waals surface area contributed by atoms with E-state index in [1.165, 1.54) is 5.56 Å². The maximum absolute atomic E-state index is 12.5. The van der Waals surface area contributed by atoms with Crippen molar-refractivity contribution in [3.63, 3.8) is 0 Å². The zero-order valence-corrected chi connectivity index (χ0v) is 17.0. The minimum absolute atomic E-state index is 0.0393. The van der Waals surface area contributed by atoms with Gasteiger partial charge in [0.05, 0.1) is 18.4 Å². The van der Waals surface area contributed by atoms with Gasteiger partial charge in [-0.05, 0) is 36.8 Å². The second-order valence-electron chi connectivity index (χ2n) is 6.77. The molecule has 1 heterocycles. The van der Waals surface area contributed by atoms with Crippen molar-refractivity contribution in [2.75, 3.05) is 38.5 Å². The predicted octanol–water partition coefficient (Wildman–Crippen LogP) is 3.62. The highest BCUT2D eigenvalue weighted by Gasteiger charge is 2.26. The number of rotatable bonds is 6. The second-order valence-corrected chi connectivity index (χ2v) is 8.26. The van der Waals surface area contributed by atoms with Gasteiger partial charge in [0, 0.05) is 36.1 Å². The summed E-state index contributed by atoms with van der Waals surface area (Å²) in [5, 5.41) is 10.5. The number of piperazine rings is 1. The summed E-state index contributed by atoms with van der Waals surface area (Å²) in [5.74, 6) is 0.629. The van der Waals surface area contributed by atoms with E-state index in [0.717, 1.165) is 23.5 Å². The number of hydrogen-bond acceptors (Lipinski definition) is 4. The second kappa shape index (κ2) is 9.60. The van der Waals surface area contributed by atoms with Crippen molar-refractivity contribution in [3.8, 4) is 0 Å². The van der Waals surface area contributed by atoms with Crippen LogP contribution in [0.25, 0.3) is 0 Å². The Morgan fingerprint density at radius 2 is 1.85 bits per heavy atom. The number of nitrogens with zero attached hydrogens (tertiary/aromatic N) is 2. The van der Waals surface area contributed by atoms with Crippen LogP contribution in [0.3, 0.4) is 0 Å². The number of carbonyl (C=O) groups is 1. The van der Waals surface area contributed by atoms with Gasteiger partial charge >= 0.3 is 0 Å². The summed E-state index contributed by atoms with van der Waals surface area (Å²) >= 11 is 7.67. The van der Waals surface area contributed by atoms with Crippen LogP contribution < -0.4 is 0 Å². The molecule has 0 aliphatic carbocycles. The third-order valence-electron chi connectivity index (χ3n) is 4.90. The number of benzene rings is 2. The summed E-state index contributed by atoms with van der Waals surface area (Å²) in [7, 11) is 0. The molecule has 1 atom stereocenters. The van der Waals surface area contributed by atoms with Crippen LogP contribution in [0.2, 0.25) is 5.02 Å². The number of halogens is 1. The predicted molar refractivity (Wildman–Crippen MR) is 111 cm³/mol. The highest BCUT2D eigenvalue weighted by atomic mass is 35.5. The standard InChI is InChI=1S/C21H25ClN2O2S/c1-16-5-7-19(8-6-16)27-15-21(26)24-11-9-23(10-12-24)20(14-25)17-3-2-4-18(22)13-17/h2-8,13,20,25H,9-12,14-15H2,1H3. The van der Waals surface area contributed by atoms with E-state index in [-0.39, 0.29) is 18.6 Å². The van der Waals surface area contributed by atoms with Crippen molar-refractivity contribution in [2.24, 2.45) is 0 Å². The van der Waals surface area contributed by atoms with Crippen molar-refractivity contribution in [1.82, 2.24) is 9.80 Å². The quantitative estimate of drug-likeness (QED) is 0.747. The molecule has 144 valence electrons. The van der Waals surface area contributed by atoms with Gasteiger partial charge in [-0.1, -0.05) is 41.4 Å². The van der Waals surface area contributed by atoms with E-state index in [0.29, 0.717) is 23.9 Å². The first kappa shape index (κ1) is 20.2. The Balaban J connectivity index is 1.51. The van der Waals surface area contributed by atoms with E-state index < -0.39 is 0 Å². The largest absolute Gasteiger partial charge is 0.394 e. The van der Waals surface area contributed by atoms with Gasteiger partial charge in [-0.25, -0.2) is 0 Å². The minimum Gasteiger partial charge on any atom is -0.394 e. The summed E-state index contributed by atoms with van der Waals surface area (Å²) in [6, 6.07) is 15.8. The van der Waals surface area contributed by atoms with Crippen LogP contribution in [-0.2, 0) is 4.79 Å². The monoisotopic (exact) mass is 404 g/mol. The Morgan fingerprint density at radius 1 is 1.15 bits per heavy atom. The molecule has 0 aromatic heterocycles. The summed E-state index contributed by atoms with van der Waals surface area (Å²) < 4.78 is 0. The van der Waals surface area contributed by atoms with E-state index in [1.54, 1.807) is 11.8 Å². The number of thioether (sulfide) groups is 1. The number of aryl methyl sites for hydroxylation is 1. The first-order chi connectivity index (χ1) is 13.1. The topological polar surface area (TPSA) is 43.8 Å². The molecule has 4 nitrogen and oxygen atoms in total. The normalized spacial score (nSPS) is 16.3. The number of aliphatic hydroxyl groups excluding tert-OH is 1. The third kappa shape index (κ3) is 5.48. The fourth-order valence-electron chi connectivity index (χ4n) is 3.30. The lowest BCUT2D eigenvalue weighted by molar-refractivity contribution is -0.130. The van der Waals surface area contributed by atoms with Crippen LogP contribution >= 0.6 is 23.4 Å². The number of aliphatic hydroxyl groups is 1. The summed E-state index contributed by atoms with van der Waals surface area (Å²) in [6.07, 6.45) is 0. The molecule has 1 fully saturated rings. The van der Waals surface area contributed by atoms with E-state index in [1.807, 2.05) is 29.2 Å². The Kier molecular flexibility index (Phi) is 7.19. The van der Waals surface area contributed by atoms with E-state index in [9.17, 15) is 9.90 Å². The van der Waals surface area contributed by atoms with Crippen molar-refractivity contribution in [1.29, 1.82) is 0 Å². The molecular weight excluding hydrogens is 380 g/mol. The van der Waals surface area contributed by atoms with Gasteiger partial charge in [0.25, 0.3) is 0 Å². The van der Waals surface area contributed by atoms with E-state index >= 15 is 0 Å². The van der Waals surface area contributed by atoms with Crippen molar-refractivity contribution in [3.05, 3.63) is 64.7 Å². The van der Waals surface area contributed by atoms with Gasteiger partial charge in [0.2, 0.25) is 5.91 Å². The fraction of sp³-hybridized carbons (Fsp3) is 0.381. The van der Waals surface area contributed by atoms with Crippen LogP contribution in [-0.4, -0.2) is 59.4 Å². The molecule has 2 aromatic rings. The van der Waals surface area contributed by atoms with Crippen LogP contribution in [0.5, 0.6) is 0 Å². The third-order valence-corrected chi connectivity index (χ3v) is 6.13. The molecule has 2 aromatic carbocycles. The van der Waals surface area contributed by atoms with Gasteiger partial charge < -0.3 is 10.0 Å². The van der Waals surface area contributed by atoms with Gasteiger partial charge in [-0.2, -0.15) is 0 Å². The Hall–Kier alpha value is -1.53. The van der Waals surface area contributed by atoms with Crippen molar-refractivity contribution >= 4 is 29.3 Å². The summed E-state index contributed by atoms with van der Waals surface area (Å²) in [4.78, 5) is 17.8. The van der Waals surface area contributed by atoms with Crippen molar-refractivity contribution < 1.29 is 9.90 Å². The average Bonchev–Trinajstić information content (AvgIpc) is 2.68. The zero-order valence-electron chi connectivity index (χ0n) is 15.5. The molecule has 1 amide bonds. The maximum Gasteiger partial charge on any atom is 0.233 e. The van der Waals surface area contributed by atoms with Gasteiger partial charge in [0.15, 0.2) is 0 Å². The molecule has 0 radical (unpaired) electrons. The number of hydrogen-bond donors (Lipinski definition) is 1. The Labute approximate surface area is 170 Å². The highest BCUT2D eigenvalue weighted by molar-refractivity contribution is 8.00. The zero-order chi connectivity index (χ0) is 19.2. The first-order valence-corrected chi connectivity index (χ1v) is 10.5. The first-order valence-electron chi connectivity index (χ1n) is 9.14. The Morgan fingerprint density at radius 3 is 2.48 bits per heavy atom.